The SMILES string of the molecule is CCOc1c(OC)ccc(Cl)c1CCN1CCNCC1. The third kappa shape index (κ3) is 3.78. The zero-order valence-electron chi connectivity index (χ0n) is 12.2. The second-order valence-corrected chi connectivity index (χ2v) is 5.24. The molecule has 1 aliphatic rings. The first-order valence-electron chi connectivity index (χ1n) is 7.17. The Balaban J connectivity index is 2.11. The van der Waals surface area contributed by atoms with Crippen molar-refractivity contribution in [3.05, 3.63) is 22.7 Å². The van der Waals surface area contributed by atoms with Crippen molar-refractivity contribution in [1.82, 2.24) is 10.2 Å². The van der Waals surface area contributed by atoms with E-state index in [0.717, 1.165) is 61.2 Å². The van der Waals surface area contributed by atoms with Crippen molar-refractivity contribution < 1.29 is 9.47 Å². The van der Waals surface area contributed by atoms with Crippen molar-refractivity contribution in [1.29, 1.82) is 0 Å². The highest BCUT2D eigenvalue weighted by Gasteiger charge is 2.16. The van der Waals surface area contributed by atoms with Crippen molar-refractivity contribution in [2.75, 3.05) is 46.4 Å². The van der Waals surface area contributed by atoms with E-state index < -0.39 is 0 Å². The summed E-state index contributed by atoms with van der Waals surface area (Å²) >= 11 is 6.35. The molecule has 112 valence electrons. The number of hydrogen-bond donors (Lipinski definition) is 1. The van der Waals surface area contributed by atoms with Gasteiger partial charge in [0.25, 0.3) is 0 Å². The van der Waals surface area contributed by atoms with E-state index in [-0.39, 0.29) is 0 Å². The van der Waals surface area contributed by atoms with Gasteiger partial charge in [0.1, 0.15) is 0 Å². The summed E-state index contributed by atoms with van der Waals surface area (Å²) in [5.41, 5.74) is 1.05. The van der Waals surface area contributed by atoms with Gasteiger partial charge in [-0.05, 0) is 25.5 Å². The predicted octanol–water partition coefficient (Wildman–Crippen LogP) is 2.19. The maximum atomic E-state index is 6.35. The molecule has 1 aliphatic heterocycles. The van der Waals surface area contributed by atoms with Crippen molar-refractivity contribution in [3.63, 3.8) is 0 Å². The number of ether oxygens (including phenoxy) is 2. The minimum absolute atomic E-state index is 0.608. The van der Waals surface area contributed by atoms with Crippen LogP contribution in [0.1, 0.15) is 12.5 Å². The molecule has 0 atom stereocenters. The van der Waals surface area contributed by atoms with Gasteiger partial charge < -0.3 is 19.7 Å². The van der Waals surface area contributed by atoms with E-state index in [1.54, 1.807) is 7.11 Å². The standard InChI is InChI=1S/C15H23ClN2O2/c1-3-20-15-12(13(16)4-5-14(15)19-2)6-9-18-10-7-17-8-11-18/h4-5,17H,3,6-11H2,1-2H3. The molecule has 1 aromatic carbocycles. The molecule has 1 fully saturated rings. The normalized spacial score (nSPS) is 16.1. The molecule has 4 nitrogen and oxygen atoms in total. The van der Waals surface area contributed by atoms with Crippen LogP contribution in [0.5, 0.6) is 11.5 Å². The molecule has 0 unspecified atom stereocenters. The van der Waals surface area contributed by atoms with Crippen LogP contribution in [0.4, 0.5) is 0 Å². The second kappa shape index (κ2) is 7.72. The fraction of sp³-hybridized carbons (Fsp3) is 0.600. The van der Waals surface area contributed by atoms with Crippen molar-refractivity contribution in [2.24, 2.45) is 0 Å². The summed E-state index contributed by atoms with van der Waals surface area (Å²) in [6, 6.07) is 3.75. The molecular weight excluding hydrogens is 276 g/mol. The summed E-state index contributed by atoms with van der Waals surface area (Å²) in [5, 5.41) is 4.12. The molecule has 1 aromatic rings. The number of benzene rings is 1. The maximum Gasteiger partial charge on any atom is 0.165 e. The Morgan fingerprint density at radius 3 is 2.70 bits per heavy atom. The predicted molar refractivity (Wildman–Crippen MR) is 82.2 cm³/mol. The molecule has 0 radical (unpaired) electrons. The first-order valence-corrected chi connectivity index (χ1v) is 7.55. The molecular formula is C15H23ClN2O2. The van der Waals surface area contributed by atoms with Crippen LogP contribution in [0, 0.1) is 0 Å². The number of halogens is 1. The van der Waals surface area contributed by atoms with E-state index in [9.17, 15) is 0 Å². The van der Waals surface area contributed by atoms with Crippen LogP contribution < -0.4 is 14.8 Å². The third-order valence-corrected chi connectivity index (χ3v) is 3.92. The van der Waals surface area contributed by atoms with Crippen LogP contribution >= 0.6 is 11.6 Å². The van der Waals surface area contributed by atoms with E-state index in [0.29, 0.717) is 6.61 Å². The lowest BCUT2D eigenvalue weighted by Gasteiger charge is -2.27. The minimum atomic E-state index is 0.608. The van der Waals surface area contributed by atoms with E-state index in [4.69, 9.17) is 21.1 Å². The Bertz CT molecular complexity index is 434. The second-order valence-electron chi connectivity index (χ2n) is 4.83. The minimum Gasteiger partial charge on any atom is -0.493 e. The highest BCUT2D eigenvalue weighted by Crippen LogP contribution is 2.36. The monoisotopic (exact) mass is 298 g/mol. The number of methoxy groups -OCH3 is 1. The molecule has 1 heterocycles. The summed E-state index contributed by atoms with van der Waals surface area (Å²) < 4.78 is 11.1. The number of piperazine rings is 1. The number of nitrogens with one attached hydrogen (secondary N) is 1. The molecule has 1 N–H and O–H groups in total. The quantitative estimate of drug-likeness (QED) is 0.873. The third-order valence-electron chi connectivity index (χ3n) is 3.56. The summed E-state index contributed by atoms with van der Waals surface area (Å²) in [6.07, 6.45) is 0.880. The Hall–Kier alpha value is -0.970. The topological polar surface area (TPSA) is 33.7 Å². The van der Waals surface area contributed by atoms with Crippen LogP contribution in [0.15, 0.2) is 12.1 Å². The average molecular weight is 299 g/mol. The van der Waals surface area contributed by atoms with Gasteiger partial charge in [0.05, 0.1) is 13.7 Å². The van der Waals surface area contributed by atoms with Gasteiger partial charge in [-0.25, -0.2) is 0 Å². The zero-order chi connectivity index (χ0) is 14.4. The summed E-state index contributed by atoms with van der Waals surface area (Å²) in [4.78, 5) is 2.45. The Morgan fingerprint density at radius 1 is 1.30 bits per heavy atom. The highest BCUT2D eigenvalue weighted by molar-refractivity contribution is 6.31. The number of rotatable bonds is 6. The lowest BCUT2D eigenvalue weighted by molar-refractivity contribution is 0.242. The average Bonchev–Trinajstić information content (AvgIpc) is 2.48. The lowest BCUT2D eigenvalue weighted by Crippen LogP contribution is -2.44. The van der Waals surface area contributed by atoms with E-state index in [2.05, 4.69) is 10.2 Å². The molecule has 0 aliphatic carbocycles. The van der Waals surface area contributed by atoms with Crippen LogP contribution in [0.25, 0.3) is 0 Å². The van der Waals surface area contributed by atoms with E-state index >= 15 is 0 Å². The van der Waals surface area contributed by atoms with Gasteiger partial charge in [0, 0.05) is 43.3 Å². The zero-order valence-corrected chi connectivity index (χ0v) is 13.0. The lowest BCUT2D eigenvalue weighted by atomic mass is 10.1. The largest absolute Gasteiger partial charge is 0.493 e. The molecule has 0 aromatic heterocycles. The van der Waals surface area contributed by atoms with Crippen molar-refractivity contribution >= 4 is 11.6 Å². The van der Waals surface area contributed by atoms with E-state index in [1.165, 1.54) is 0 Å². The maximum absolute atomic E-state index is 6.35. The molecule has 2 rings (SSSR count). The number of nitrogens with zero attached hydrogens (tertiary/aromatic N) is 1. The van der Waals surface area contributed by atoms with Gasteiger partial charge in [-0.15, -0.1) is 0 Å². The van der Waals surface area contributed by atoms with Gasteiger partial charge >= 0.3 is 0 Å². The molecule has 0 saturated carbocycles. The molecule has 5 heteroatoms. The van der Waals surface area contributed by atoms with Crippen LogP contribution in [-0.4, -0.2) is 51.3 Å². The Kier molecular flexibility index (Phi) is 5.95. The smallest absolute Gasteiger partial charge is 0.165 e. The van der Waals surface area contributed by atoms with Crippen molar-refractivity contribution in [3.8, 4) is 11.5 Å². The van der Waals surface area contributed by atoms with Gasteiger partial charge in [-0.2, -0.15) is 0 Å². The summed E-state index contributed by atoms with van der Waals surface area (Å²) in [6.45, 7) is 7.87. The van der Waals surface area contributed by atoms with E-state index in [1.807, 2.05) is 19.1 Å². The number of hydrogen-bond acceptors (Lipinski definition) is 4. The van der Waals surface area contributed by atoms with Crippen molar-refractivity contribution in [2.45, 2.75) is 13.3 Å². The molecule has 0 spiro atoms. The Morgan fingerprint density at radius 2 is 2.05 bits per heavy atom. The summed E-state index contributed by atoms with van der Waals surface area (Å²) in [7, 11) is 1.66. The van der Waals surface area contributed by atoms with Crippen LogP contribution in [0.2, 0.25) is 5.02 Å². The molecule has 0 bridgehead atoms. The van der Waals surface area contributed by atoms with Crippen LogP contribution in [0.3, 0.4) is 0 Å². The van der Waals surface area contributed by atoms with Crippen LogP contribution in [-0.2, 0) is 6.42 Å². The fourth-order valence-electron chi connectivity index (χ4n) is 2.48. The Labute approximate surface area is 126 Å². The molecule has 20 heavy (non-hydrogen) atoms. The molecule has 1 saturated heterocycles. The van der Waals surface area contributed by atoms with Gasteiger partial charge in [-0.3, -0.25) is 0 Å². The summed E-state index contributed by atoms with van der Waals surface area (Å²) in [5.74, 6) is 1.55. The first-order chi connectivity index (χ1) is 9.76. The fourth-order valence-corrected chi connectivity index (χ4v) is 2.73. The first kappa shape index (κ1) is 15.4. The van der Waals surface area contributed by atoms with Gasteiger partial charge in [0.2, 0.25) is 0 Å². The highest BCUT2D eigenvalue weighted by atomic mass is 35.5. The van der Waals surface area contributed by atoms with Gasteiger partial charge in [0.15, 0.2) is 11.5 Å². The molecule has 0 amide bonds. The van der Waals surface area contributed by atoms with Gasteiger partial charge in [-0.1, -0.05) is 11.6 Å².